The molecule has 0 saturated heterocycles. The number of thiophene rings is 1. The molecule has 148 valence electrons. The summed E-state index contributed by atoms with van der Waals surface area (Å²) in [4.78, 5) is 2.19. The average Bonchev–Trinajstić information content (AvgIpc) is 3.31. The zero-order valence-electron chi connectivity index (χ0n) is 15.8. The summed E-state index contributed by atoms with van der Waals surface area (Å²) in [7, 11) is -1.75. The Morgan fingerprint density at radius 3 is 2.69 bits per heavy atom. The minimum Gasteiger partial charge on any atom is -0.302 e. The third-order valence-corrected chi connectivity index (χ3v) is 8.65. The lowest BCUT2D eigenvalue weighted by Gasteiger charge is -2.21. The third-order valence-electron chi connectivity index (χ3n) is 5.41. The molecule has 0 unspecified atom stereocenters. The Kier molecular flexibility index (Phi) is 4.34. The number of hydrogen-bond donors (Lipinski definition) is 0. The molecule has 0 atom stereocenters. The van der Waals surface area contributed by atoms with E-state index in [1.165, 1.54) is 27.4 Å². The second kappa shape index (κ2) is 6.79. The van der Waals surface area contributed by atoms with E-state index >= 15 is 0 Å². The largest absolute Gasteiger partial charge is 0.302 e. The smallest absolute Gasteiger partial charge is 0.277 e. The van der Waals surface area contributed by atoms with Crippen molar-refractivity contribution in [1.29, 1.82) is 0 Å². The van der Waals surface area contributed by atoms with Crippen LogP contribution in [0.3, 0.4) is 0 Å². The molecule has 0 aliphatic carbocycles. The molecule has 0 amide bonds. The summed E-state index contributed by atoms with van der Waals surface area (Å²) in [6, 6.07) is 13.6. The Morgan fingerprint density at radius 1 is 1.10 bits per heavy atom. The van der Waals surface area contributed by atoms with Gasteiger partial charge in [-0.05, 0) is 54.8 Å². The first-order chi connectivity index (χ1) is 13.9. The maximum Gasteiger partial charge on any atom is 0.277 e. The van der Waals surface area contributed by atoms with Crippen molar-refractivity contribution in [3.05, 3.63) is 72.2 Å². The number of fused-ring (bicyclic) bond motifs is 2. The number of likely N-dealkylation sites (N-methyl/N-ethyl adjacent to an activating group) is 1. The molecule has 2 aromatic carbocycles. The molecule has 4 aromatic rings. The number of rotatable bonds is 3. The van der Waals surface area contributed by atoms with Crippen molar-refractivity contribution >= 4 is 47.9 Å². The van der Waals surface area contributed by atoms with Gasteiger partial charge in [-0.25, -0.2) is 8.36 Å². The predicted molar refractivity (Wildman–Crippen MR) is 116 cm³/mol. The van der Waals surface area contributed by atoms with Crippen LogP contribution in [-0.4, -0.2) is 37.4 Å². The molecule has 1 aliphatic heterocycles. The molecule has 0 saturated carbocycles. The highest BCUT2D eigenvalue weighted by molar-refractivity contribution is 7.92. The summed E-state index contributed by atoms with van der Waals surface area (Å²) >= 11 is 1.25. The fourth-order valence-corrected chi connectivity index (χ4v) is 6.68. The van der Waals surface area contributed by atoms with Crippen molar-refractivity contribution in [1.82, 2.24) is 8.87 Å². The van der Waals surface area contributed by atoms with Crippen LogP contribution in [0.5, 0.6) is 0 Å². The van der Waals surface area contributed by atoms with Gasteiger partial charge in [0.15, 0.2) is 0 Å². The van der Waals surface area contributed by atoms with E-state index in [4.69, 9.17) is 0 Å². The Hall–Kier alpha value is -2.48. The van der Waals surface area contributed by atoms with Crippen molar-refractivity contribution in [3.8, 4) is 0 Å². The molecule has 29 heavy (non-hydrogen) atoms. The van der Waals surface area contributed by atoms with Crippen molar-refractivity contribution in [2.45, 2.75) is 10.6 Å². The number of nitrogens with zero attached hydrogens (tertiary/aromatic N) is 2. The molecule has 0 radical (unpaired) electrons. The summed E-state index contributed by atoms with van der Waals surface area (Å²) in [6.07, 6.45) is 4.55. The zero-order valence-corrected chi connectivity index (χ0v) is 17.4. The maximum absolute atomic E-state index is 14.0. The highest BCUT2D eigenvalue weighted by Crippen LogP contribution is 2.36. The van der Waals surface area contributed by atoms with Crippen LogP contribution in [0.2, 0.25) is 0 Å². The molecular weight excluding hydrogens is 407 g/mol. The van der Waals surface area contributed by atoms with E-state index in [1.54, 1.807) is 18.3 Å². The first-order valence-corrected chi connectivity index (χ1v) is 11.6. The SMILES string of the molecule is CN1CC=C(c2cn(S(=O)(=O)c3cc4ccccc4s3)c3ccc(F)cc23)CC1. The van der Waals surface area contributed by atoms with Crippen LogP contribution in [0.15, 0.2) is 65.0 Å². The van der Waals surface area contributed by atoms with Crippen LogP contribution in [0.1, 0.15) is 12.0 Å². The lowest BCUT2D eigenvalue weighted by Crippen LogP contribution is -2.23. The Balaban J connectivity index is 1.72. The summed E-state index contributed by atoms with van der Waals surface area (Å²) < 4.78 is 43.5. The molecule has 0 N–H and O–H groups in total. The van der Waals surface area contributed by atoms with E-state index in [1.807, 2.05) is 31.3 Å². The Morgan fingerprint density at radius 2 is 1.93 bits per heavy atom. The first-order valence-electron chi connectivity index (χ1n) is 9.36. The van der Waals surface area contributed by atoms with Crippen LogP contribution in [0.25, 0.3) is 26.6 Å². The van der Waals surface area contributed by atoms with Crippen LogP contribution in [-0.2, 0) is 10.0 Å². The van der Waals surface area contributed by atoms with Gasteiger partial charge in [-0.3, -0.25) is 0 Å². The van der Waals surface area contributed by atoms with Gasteiger partial charge in [-0.2, -0.15) is 8.42 Å². The third kappa shape index (κ3) is 3.10. The minimum atomic E-state index is -3.79. The Labute approximate surface area is 172 Å². The second-order valence-electron chi connectivity index (χ2n) is 7.35. The van der Waals surface area contributed by atoms with E-state index in [0.29, 0.717) is 10.9 Å². The fourth-order valence-electron chi connectivity index (χ4n) is 3.82. The standard InChI is InChI=1S/C22H19FN2O2S2/c1-24-10-8-15(9-11-24)19-14-25(20-7-6-17(23)13-18(19)20)29(26,27)22-12-16-4-2-3-5-21(16)28-22/h2-8,12-14H,9-11H2,1H3. The summed E-state index contributed by atoms with van der Waals surface area (Å²) in [5.74, 6) is -0.371. The van der Waals surface area contributed by atoms with E-state index in [-0.39, 0.29) is 10.0 Å². The minimum absolute atomic E-state index is 0.281. The van der Waals surface area contributed by atoms with Gasteiger partial charge in [0.1, 0.15) is 10.0 Å². The van der Waals surface area contributed by atoms with Crippen molar-refractivity contribution in [3.63, 3.8) is 0 Å². The molecule has 0 spiro atoms. The van der Waals surface area contributed by atoms with Gasteiger partial charge in [0.05, 0.1) is 5.52 Å². The van der Waals surface area contributed by atoms with Gasteiger partial charge in [-0.1, -0.05) is 24.3 Å². The number of hydrogen-bond acceptors (Lipinski definition) is 4. The molecule has 7 heteroatoms. The highest BCUT2D eigenvalue weighted by atomic mass is 32.2. The van der Waals surface area contributed by atoms with Gasteiger partial charge in [0, 0.05) is 34.9 Å². The molecule has 4 nitrogen and oxygen atoms in total. The lowest BCUT2D eigenvalue weighted by atomic mass is 9.99. The van der Waals surface area contributed by atoms with Gasteiger partial charge >= 0.3 is 0 Å². The predicted octanol–water partition coefficient (Wildman–Crippen LogP) is 4.95. The maximum atomic E-state index is 14.0. The van der Waals surface area contributed by atoms with Crippen molar-refractivity contribution < 1.29 is 12.8 Å². The summed E-state index contributed by atoms with van der Waals surface area (Å²) in [5, 5.41) is 1.53. The van der Waals surface area contributed by atoms with Crippen LogP contribution < -0.4 is 0 Å². The van der Waals surface area contributed by atoms with E-state index < -0.39 is 10.0 Å². The van der Waals surface area contributed by atoms with E-state index in [2.05, 4.69) is 11.0 Å². The van der Waals surface area contributed by atoms with E-state index in [9.17, 15) is 12.8 Å². The summed E-state index contributed by atoms with van der Waals surface area (Å²) in [6.45, 7) is 1.68. The Bertz CT molecular complexity index is 1350. The molecule has 5 rings (SSSR count). The second-order valence-corrected chi connectivity index (χ2v) is 10.5. The highest BCUT2D eigenvalue weighted by Gasteiger charge is 2.25. The summed E-state index contributed by atoms with van der Waals surface area (Å²) in [5.41, 5.74) is 2.35. The van der Waals surface area contributed by atoms with Gasteiger partial charge in [0.25, 0.3) is 10.0 Å². The molecule has 2 aromatic heterocycles. The first kappa shape index (κ1) is 18.5. The lowest BCUT2D eigenvalue weighted by molar-refractivity contribution is 0.370. The van der Waals surface area contributed by atoms with Gasteiger partial charge in [-0.15, -0.1) is 11.3 Å². The molecule has 0 fully saturated rings. The molecular formula is C22H19FN2O2S2. The molecule has 1 aliphatic rings. The average molecular weight is 427 g/mol. The number of benzene rings is 2. The van der Waals surface area contributed by atoms with Crippen LogP contribution in [0.4, 0.5) is 4.39 Å². The molecule has 3 heterocycles. The van der Waals surface area contributed by atoms with Crippen LogP contribution >= 0.6 is 11.3 Å². The van der Waals surface area contributed by atoms with Gasteiger partial charge in [0.2, 0.25) is 0 Å². The quantitative estimate of drug-likeness (QED) is 0.465. The fraction of sp³-hybridized carbons (Fsp3) is 0.182. The zero-order chi connectivity index (χ0) is 20.2. The van der Waals surface area contributed by atoms with E-state index in [0.717, 1.165) is 40.7 Å². The van der Waals surface area contributed by atoms with Gasteiger partial charge < -0.3 is 4.90 Å². The van der Waals surface area contributed by atoms with Crippen LogP contribution in [0, 0.1) is 5.82 Å². The molecule has 0 bridgehead atoms. The number of halogens is 1. The normalized spacial score (nSPS) is 15.9. The van der Waals surface area contributed by atoms with Crippen molar-refractivity contribution in [2.24, 2.45) is 0 Å². The monoisotopic (exact) mass is 426 g/mol. The number of aromatic nitrogens is 1. The topological polar surface area (TPSA) is 42.3 Å². The van der Waals surface area contributed by atoms with Crippen molar-refractivity contribution in [2.75, 3.05) is 20.1 Å².